The van der Waals surface area contributed by atoms with E-state index in [1.54, 1.807) is 4.90 Å². The fraction of sp³-hybridized carbons (Fsp3) is 0.190. The molecule has 0 unspecified atom stereocenters. The molecule has 1 amide bonds. The van der Waals surface area contributed by atoms with E-state index in [-0.39, 0.29) is 17.8 Å². The zero-order valence-electron chi connectivity index (χ0n) is 14.8. The Morgan fingerprint density at radius 1 is 1.04 bits per heavy atom. The van der Waals surface area contributed by atoms with Gasteiger partial charge in [0.1, 0.15) is 0 Å². The molecule has 1 aromatic heterocycles. The van der Waals surface area contributed by atoms with E-state index in [0.717, 1.165) is 17.3 Å². The van der Waals surface area contributed by atoms with Gasteiger partial charge < -0.3 is 10.0 Å². The highest BCUT2D eigenvalue weighted by atomic mass is 16.3. The van der Waals surface area contributed by atoms with Crippen LogP contribution in [0.5, 0.6) is 5.75 Å². The molecule has 1 N–H and O–H groups in total. The van der Waals surface area contributed by atoms with Crippen molar-refractivity contribution >= 4 is 5.91 Å². The minimum Gasteiger partial charge on any atom is -0.502 e. The lowest BCUT2D eigenvalue weighted by atomic mass is 9.99. The summed E-state index contributed by atoms with van der Waals surface area (Å²) in [5, 5.41) is 14.5. The molecular weight excluding hydrogens is 342 g/mol. The molecule has 136 valence electrons. The summed E-state index contributed by atoms with van der Waals surface area (Å²) in [5.74, 6) is -0.956. The van der Waals surface area contributed by atoms with E-state index in [4.69, 9.17) is 0 Å². The second kappa shape index (κ2) is 6.72. The normalized spacial score (nSPS) is 17.4. The van der Waals surface area contributed by atoms with Crippen molar-refractivity contribution in [2.45, 2.75) is 19.0 Å². The molecule has 1 aliphatic heterocycles. The number of nitrogens with zero attached hydrogens (tertiary/aromatic N) is 3. The lowest BCUT2D eigenvalue weighted by Crippen LogP contribution is -2.46. The van der Waals surface area contributed by atoms with Gasteiger partial charge in [0.25, 0.3) is 5.91 Å². The second-order valence-electron chi connectivity index (χ2n) is 6.62. The smallest absolute Gasteiger partial charge is 0.276 e. The van der Waals surface area contributed by atoms with Crippen LogP contribution in [0.15, 0.2) is 71.7 Å². The third-order valence-electron chi connectivity index (χ3n) is 5.05. The molecule has 6 heteroatoms. The van der Waals surface area contributed by atoms with Crippen LogP contribution in [0.1, 0.15) is 40.6 Å². The summed E-state index contributed by atoms with van der Waals surface area (Å²) < 4.78 is 1.46. The number of carbonyl (C=O) groups is 1. The summed E-state index contributed by atoms with van der Waals surface area (Å²) >= 11 is 0. The van der Waals surface area contributed by atoms with E-state index in [9.17, 15) is 14.7 Å². The van der Waals surface area contributed by atoms with E-state index in [1.165, 1.54) is 4.68 Å². The van der Waals surface area contributed by atoms with Crippen LogP contribution >= 0.6 is 0 Å². The third-order valence-corrected chi connectivity index (χ3v) is 5.05. The highest BCUT2D eigenvalue weighted by Crippen LogP contribution is 2.33. The molecule has 3 aromatic rings. The van der Waals surface area contributed by atoms with Gasteiger partial charge in [0.15, 0.2) is 11.4 Å². The number of aromatic hydroxyl groups is 1. The monoisotopic (exact) mass is 361 g/mol. The van der Waals surface area contributed by atoms with Crippen LogP contribution in [0, 0.1) is 0 Å². The lowest BCUT2D eigenvalue weighted by Gasteiger charge is -2.38. The van der Waals surface area contributed by atoms with Crippen molar-refractivity contribution in [2.75, 3.05) is 6.54 Å². The van der Waals surface area contributed by atoms with Gasteiger partial charge in [-0.15, -0.1) is 0 Å². The molecule has 4 rings (SSSR count). The average molecular weight is 361 g/mol. The van der Waals surface area contributed by atoms with Crippen LogP contribution in [0.25, 0.3) is 0 Å². The van der Waals surface area contributed by atoms with Crippen molar-refractivity contribution in [1.29, 1.82) is 0 Å². The van der Waals surface area contributed by atoms with Crippen LogP contribution in [-0.4, -0.2) is 32.2 Å². The van der Waals surface area contributed by atoms with Crippen molar-refractivity contribution in [3.05, 3.63) is 93.9 Å². The molecule has 27 heavy (non-hydrogen) atoms. The Labute approximate surface area is 156 Å². The first-order valence-electron chi connectivity index (χ1n) is 8.79. The molecule has 0 radical (unpaired) electrons. The van der Waals surface area contributed by atoms with Crippen molar-refractivity contribution in [1.82, 2.24) is 14.7 Å². The molecule has 0 spiro atoms. The van der Waals surface area contributed by atoms with Gasteiger partial charge in [-0.25, -0.2) is 4.68 Å². The Bertz CT molecular complexity index is 1030. The fourth-order valence-corrected chi connectivity index (χ4v) is 3.54. The molecule has 2 heterocycles. The molecule has 0 bridgehead atoms. The maximum atomic E-state index is 13.1. The minimum atomic E-state index is -0.657. The number of hydrogen-bond acceptors (Lipinski definition) is 4. The van der Waals surface area contributed by atoms with Gasteiger partial charge in [-0.2, -0.15) is 5.10 Å². The highest BCUT2D eigenvalue weighted by molar-refractivity contribution is 5.96. The largest absolute Gasteiger partial charge is 0.502 e. The minimum absolute atomic E-state index is 0.0645. The summed E-state index contributed by atoms with van der Waals surface area (Å²) in [6.45, 7) is 2.33. The van der Waals surface area contributed by atoms with Gasteiger partial charge in [0.05, 0.1) is 18.3 Å². The topological polar surface area (TPSA) is 75.4 Å². The molecule has 0 saturated heterocycles. The number of hydrogen-bond donors (Lipinski definition) is 1. The van der Waals surface area contributed by atoms with Crippen molar-refractivity contribution in [2.24, 2.45) is 0 Å². The first-order chi connectivity index (χ1) is 13.1. The number of benzene rings is 2. The quantitative estimate of drug-likeness (QED) is 0.778. The van der Waals surface area contributed by atoms with Crippen molar-refractivity contribution in [3.8, 4) is 5.75 Å². The van der Waals surface area contributed by atoms with Crippen LogP contribution < -0.4 is 5.43 Å². The average Bonchev–Trinajstić information content (AvgIpc) is 2.71. The predicted molar refractivity (Wildman–Crippen MR) is 101 cm³/mol. The van der Waals surface area contributed by atoms with Crippen molar-refractivity contribution in [3.63, 3.8) is 0 Å². The van der Waals surface area contributed by atoms with Crippen LogP contribution in [-0.2, 0) is 0 Å². The van der Waals surface area contributed by atoms with E-state index in [0.29, 0.717) is 6.54 Å². The molecule has 6 nitrogen and oxygen atoms in total. The van der Waals surface area contributed by atoms with Crippen LogP contribution in [0.4, 0.5) is 0 Å². The summed E-state index contributed by atoms with van der Waals surface area (Å²) in [6, 6.07) is 18.8. The molecule has 0 aliphatic carbocycles. The Kier molecular flexibility index (Phi) is 4.24. The van der Waals surface area contributed by atoms with Crippen molar-refractivity contribution < 1.29 is 9.90 Å². The number of carbonyl (C=O) groups excluding carboxylic acids is 1. The zero-order chi connectivity index (χ0) is 19.0. The summed E-state index contributed by atoms with van der Waals surface area (Å²) in [6.07, 6.45) is 1.05. The van der Waals surface area contributed by atoms with Gasteiger partial charge >= 0.3 is 0 Å². The Morgan fingerprint density at radius 2 is 1.67 bits per heavy atom. The van der Waals surface area contributed by atoms with Crippen LogP contribution in [0.2, 0.25) is 0 Å². The summed E-state index contributed by atoms with van der Waals surface area (Å²) in [4.78, 5) is 26.8. The zero-order valence-corrected chi connectivity index (χ0v) is 14.8. The predicted octanol–water partition coefficient (Wildman–Crippen LogP) is 2.76. The van der Waals surface area contributed by atoms with E-state index in [1.807, 2.05) is 67.6 Å². The van der Waals surface area contributed by atoms with E-state index in [2.05, 4.69) is 5.10 Å². The van der Waals surface area contributed by atoms with E-state index < -0.39 is 17.1 Å². The standard InChI is InChI=1S/C21H19N3O3/c1-14(15-8-4-2-5-9-15)23-13-17(16-10-6-3-7-11-16)24-19(21(23)27)20(26)18(25)12-22-24/h2-12,14,17,26H,13H2,1H3/t14-,17+/m0/s1. The van der Waals surface area contributed by atoms with Gasteiger partial charge in [-0.3, -0.25) is 9.59 Å². The Hall–Kier alpha value is -3.41. The molecule has 2 aromatic carbocycles. The number of amides is 1. The van der Waals surface area contributed by atoms with Gasteiger partial charge in [0, 0.05) is 6.54 Å². The number of fused-ring (bicyclic) bond motifs is 1. The van der Waals surface area contributed by atoms with Gasteiger partial charge in [-0.1, -0.05) is 60.7 Å². The Morgan fingerprint density at radius 3 is 2.33 bits per heavy atom. The fourth-order valence-electron chi connectivity index (χ4n) is 3.54. The molecule has 2 atom stereocenters. The van der Waals surface area contributed by atoms with Crippen LogP contribution in [0.3, 0.4) is 0 Å². The van der Waals surface area contributed by atoms with Gasteiger partial charge in [0.2, 0.25) is 5.43 Å². The number of aromatic nitrogens is 2. The SMILES string of the molecule is C[C@@H](c1ccccc1)N1C[C@H](c2ccccc2)n2ncc(=O)c(O)c2C1=O. The summed E-state index contributed by atoms with van der Waals surface area (Å²) in [5.41, 5.74) is 1.21. The first kappa shape index (κ1) is 17.0. The highest BCUT2D eigenvalue weighted by Gasteiger charge is 2.37. The number of rotatable bonds is 3. The first-order valence-corrected chi connectivity index (χ1v) is 8.79. The molecular formula is C21H19N3O3. The van der Waals surface area contributed by atoms with E-state index >= 15 is 0 Å². The summed E-state index contributed by atoms with van der Waals surface area (Å²) in [7, 11) is 0. The lowest BCUT2D eigenvalue weighted by molar-refractivity contribution is 0.0586. The molecule has 0 fully saturated rings. The van der Waals surface area contributed by atoms with Gasteiger partial charge in [-0.05, 0) is 18.1 Å². The maximum absolute atomic E-state index is 13.1. The molecule has 1 aliphatic rings. The third kappa shape index (κ3) is 2.89. The maximum Gasteiger partial charge on any atom is 0.276 e. The second-order valence-corrected chi connectivity index (χ2v) is 6.62. The molecule has 0 saturated carbocycles. The Balaban J connectivity index is 1.86.